The Morgan fingerprint density at radius 1 is 1.39 bits per heavy atom. The smallest absolute Gasteiger partial charge is 0.158 e. The Morgan fingerprint density at radius 3 is 2.89 bits per heavy atom. The topological polar surface area (TPSA) is 111 Å². The molecule has 8 nitrogen and oxygen atoms in total. The summed E-state index contributed by atoms with van der Waals surface area (Å²) < 4.78 is 9.95. The van der Waals surface area contributed by atoms with Crippen molar-refractivity contribution in [1.29, 1.82) is 0 Å². The van der Waals surface area contributed by atoms with Gasteiger partial charge < -0.3 is 20.0 Å². The number of rotatable bonds is 6. The molecule has 0 saturated carbocycles. The van der Waals surface area contributed by atoms with Crippen molar-refractivity contribution in [2.45, 2.75) is 13.2 Å². The molecule has 0 aliphatic carbocycles. The van der Waals surface area contributed by atoms with E-state index in [4.69, 9.17) is 15.1 Å². The maximum Gasteiger partial charge on any atom is 0.158 e. The van der Waals surface area contributed by atoms with Gasteiger partial charge >= 0.3 is 0 Å². The highest BCUT2D eigenvalue weighted by Crippen LogP contribution is 2.12. The summed E-state index contributed by atoms with van der Waals surface area (Å²) in [5.41, 5.74) is 2.48. The molecule has 96 valence electrons. The van der Waals surface area contributed by atoms with Gasteiger partial charge in [0.25, 0.3) is 0 Å². The van der Waals surface area contributed by atoms with E-state index in [1.165, 1.54) is 0 Å². The molecule has 0 amide bonds. The van der Waals surface area contributed by atoms with Gasteiger partial charge in [-0.05, 0) is 0 Å². The molecular weight excluding hydrogens is 236 g/mol. The van der Waals surface area contributed by atoms with Crippen LogP contribution >= 0.6 is 0 Å². The van der Waals surface area contributed by atoms with E-state index >= 15 is 0 Å². The predicted octanol–water partition coefficient (Wildman–Crippen LogP) is 0.509. The zero-order valence-electron chi connectivity index (χ0n) is 9.88. The summed E-state index contributed by atoms with van der Waals surface area (Å²) in [6, 6.07) is 3.46. The third-order valence-corrected chi connectivity index (χ3v) is 2.13. The number of hydrogen-bond donors (Lipinski definition) is 3. The van der Waals surface area contributed by atoms with Crippen molar-refractivity contribution in [3.05, 3.63) is 29.9 Å². The van der Waals surface area contributed by atoms with Crippen molar-refractivity contribution >= 4 is 11.6 Å². The van der Waals surface area contributed by atoms with Crippen molar-refractivity contribution in [3.63, 3.8) is 0 Å². The molecular formula is C10H14N6O2. The summed E-state index contributed by atoms with van der Waals surface area (Å²) in [6.45, 7) is 0.792. The molecule has 0 radical (unpaired) electrons. The molecule has 0 fully saturated rings. The number of methoxy groups -OCH3 is 1. The van der Waals surface area contributed by atoms with E-state index in [2.05, 4.69) is 25.9 Å². The third kappa shape index (κ3) is 3.15. The number of hydrazine groups is 1. The van der Waals surface area contributed by atoms with Crippen molar-refractivity contribution < 1.29 is 9.26 Å². The lowest BCUT2D eigenvalue weighted by atomic mass is 10.4. The lowest BCUT2D eigenvalue weighted by Crippen LogP contribution is -2.12. The molecule has 2 aromatic rings. The molecule has 2 aromatic heterocycles. The van der Waals surface area contributed by atoms with Gasteiger partial charge in [-0.2, -0.15) is 0 Å². The molecule has 0 aliphatic rings. The highest BCUT2D eigenvalue weighted by molar-refractivity contribution is 5.46. The standard InChI is InChI=1S/C10H14N6O2/c1-17-6-10-14-8(4-9(15-10)16-11)12-5-7-2-3-13-18-7/h2-4H,5-6,11H2,1H3,(H2,12,14,15,16). The minimum Gasteiger partial charge on any atom is -0.377 e. The Morgan fingerprint density at radius 2 is 2.22 bits per heavy atom. The second-order valence-electron chi connectivity index (χ2n) is 3.46. The molecule has 0 aromatic carbocycles. The molecule has 2 heterocycles. The van der Waals surface area contributed by atoms with Gasteiger partial charge in [0.05, 0.1) is 12.7 Å². The van der Waals surface area contributed by atoms with Gasteiger partial charge in [-0.15, -0.1) is 0 Å². The summed E-state index contributed by atoms with van der Waals surface area (Å²) in [6.07, 6.45) is 1.58. The fourth-order valence-electron chi connectivity index (χ4n) is 1.37. The van der Waals surface area contributed by atoms with E-state index < -0.39 is 0 Å². The fraction of sp³-hybridized carbons (Fsp3) is 0.300. The first-order chi connectivity index (χ1) is 8.81. The van der Waals surface area contributed by atoms with Gasteiger partial charge in [0.15, 0.2) is 11.6 Å². The van der Waals surface area contributed by atoms with Gasteiger partial charge in [-0.3, -0.25) is 0 Å². The number of hydrogen-bond acceptors (Lipinski definition) is 8. The first-order valence-electron chi connectivity index (χ1n) is 5.28. The van der Waals surface area contributed by atoms with E-state index in [0.717, 1.165) is 0 Å². The first kappa shape index (κ1) is 12.3. The molecule has 0 aliphatic heterocycles. The normalized spacial score (nSPS) is 10.3. The lowest BCUT2D eigenvalue weighted by molar-refractivity contribution is 0.178. The third-order valence-electron chi connectivity index (χ3n) is 2.13. The quantitative estimate of drug-likeness (QED) is 0.502. The van der Waals surface area contributed by atoms with Gasteiger partial charge in [-0.25, -0.2) is 15.8 Å². The average molecular weight is 250 g/mol. The van der Waals surface area contributed by atoms with E-state index in [1.54, 1.807) is 25.4 Å². The molecule has 18 heavy (non-hydrogen) atoms. The van der Waals surface area contributed by atoms with E-state index in [9.17, 15) is 0 Å². The molecule has 4 N–H and O–H groups in total. The number of anilines is 2. The lowest BCUT2D eigenvalue weighted by Gasteiger charge is -2.08. The molecule has 0 unspecified atom stereocenters. The zero-order valence-corrected chi connectivity index (χ0v) is 9.88. The molecule has 0 bridgehead atoms. The van der Waals surface area contributed by atoms with Crippen molar-refractivity contribution in [1.82, 2.24) is 15.1 Å². The number of nitrogens with zero attached hydrogens (tertiary/aromatic N) is 3. The van der Waals surface area contributed by atoms with Gasteiger partial charge in [0.1, 0.15) is 18.2 Å². The summed E-state index contributed by atoms with van der Waals surface area (Å²) >= 11 is 0. The predicted molar refractivity (Wildman–Crippen MR) is 64.4 cm³/mol. The van der Waals surface area contributed by atoms with Crippen LogP contribution in [-0.2, 0) is 17.9 Å². The van der Waals surface area contributed by atoms with E-state index in [0.29, 0.717) is 36.4 Å². The number of ether oxygens (including phenoxy) is 1. The van der Waals surface area contributed by atoms with E-state index in [1.807, 2.05) is 0 Å². The summed E-state index contributed by atoms with van der Waals surface area (Å²) in [4.78, 5) is 8.40. The Kier molecular flexibility index (Phi) is 4.05. The molecule has 8 heteroatoms. The molecule has 0 spiro atoms. The SMILES string of the molecule is COCc1nc(NN)cc(NCc2ccno2)n1. The second kappa shape index (κ2) is 5.94. The number of aromatic nitrogens is 3. The van der Waals surface area contributed by atoms with Gasteiger partial charge in [0.2, 0.25) is 0 Å². The summed E-state index contributed by atoms with van der Waals surface area (Å²) in [5.74, 6) is 7.72. The Hall–Kier alpha value is -2.19. The minimum absolute atomic E-state index is 0.312. The molecule has 0 saturated heterocycles. The van der Waals surface area contributed by atoms with Crippen LogP contribution in [-0.4, -0.2) is 22.2 Å². The highest BCUT2D eigenvalue weighted by Gasteiger charge is 2.04. The zero-order chi connectivity index (χ0) is 12.8. The van der Waals surface area contributed by atoms with Crippen LogP contribution in [0.1, 0.15) is 11.6 Å². The van der Waals surface area contributed by atoms with Crippen molar-refractivity contribution in [2.24, 2.45) is 5.84 Å². The maximum atomic E-state index is 5.34. The first-order valence-corrected chi connectivity index (χ1v) is 5.28. The highest BCUT2D eigenvalue weighted by atomic mass is 16.5. The Labute approximate surface area is 104 Å². The summed E-state index contributed by atoms with van der Waals surface area (Å²) in [5, 5.41) is 6.70. The summed E-state index contributed by atoms with van der Waals surface area (Å²) in [7, 11) is 1.58. The van der Waals surface area contributed by atoms with Crippen molar-refractivity contribution in [2.75, 3.05) is 17.9 Å². The Balaban J connectivity index is 2.08. The fourth-order valence-corrected chi connectivity index (χ4v) is 1.37. The van der Waals surface area contributed by atoms with Crippen LogP contribution in [0.25, 0.3) is 0 Å². The molecule has 2 rings (SSSR count). The van der Waals surface area contributed by atoms with Crippen LogP contribution < -0.4 is 16.6 Å². The largest absolute Gasteiger partial charge is 0.377 e. The van der Waals surface area contributed by atoms with Crippen LogP contribution in [0.2, 0.25) is 0 Å². The molecule has 0 atom stereocenters. The Bertz CT molecular complexity index is 487. The van der Waals surface area contributed by atoms with Crippen LogP contribution in [0.4, 0.5) is 11.6 Å². The van der Waals surface area contributed by atoms with Crippen molar-refractivity contribution in [3.8, 4) is 0 Å². The maximum absolute atomic E-state index is 5.34. The number of nitrogens with one attached hydrogen (secondary N) is 2. The number of nitrogens with two attached hydrogens (primary N) is 1. The van der Waals surface area contributed by atoms with Gasteiger partial charge in [0, 0.05) is 19.2 Å². The van der Waals surface area contributed by atoms with E-state index in [-0.39, 0.29) is 0 Å². The second-order valence-corrected chi connectivity index (χ2v) is 3.46. The average Bonchev–Trinajstić information content (AvgIpc) is 2.89. The van der Waals surface area contributed by atoms with Crippen LogP contribution in [0, 0.1) is 0 Å². The monoisotopic (exact) mass is 250 g/mol. The van der Waals surface area contributed by atoms with Crippen LogP contribution in [0.3, 0.4) is 0 Å². The number of nitrogen functional groups attached to an aromatic ring is 1. The van der Waals surface area contributed by atoms with Crippen LogP contribution in [0.15, 0.2) is 22.9 Å². The van der Waals surface area contributed by atoms with Crippen LogP contribution in [0.5, 0.6) is 0 Å². The van der Waals surface area contributed by atoms with Gasteiger partial charge in [-0.1, -0.05) is 5.16 Å². The minimum atomic E-state index is 0.312.